The normalized spacial score (nSPS) is 15.2. The zero-order valence-corrected chi connectivity index (χ0v) is 33.2. The summed E-state index contributed by atoms with van der Waals surface area (Å²) in [6.07, 6.45) is -1.94. The van der Waals surface area contributed by atoms with Gasteiger partial charge in [0, 0.05) is 22.0 Å². The molecule has 0 aliphatic carbocycles. The van der Waals surface area contributed by atoms with Crippen LogP contribution in [0.5, 0.6) is 0 Å². The van der Waals surface area contributed by atoms with Gasteiger partial charge in [-0.3, -0.25) is 9.78 Å². The highest BCUT2D eigenvalue weighted by Gasteiger charge is 2.25. The molecule has 0 aliphatic heterocycles. The molecular weight excluding hydrogens is 668 g/mol. The van der Waals surface area contributed by atoms with Gasteiger partial charge in [-0.2, -0.15) is 9.78 Å². The Labute approximate surface area is 309 Å². The number of allylic oxidation sites excluding steroid dienone is 2. The molecule has 11 nitrogen and oxygen atoms in total. The molecule has 0 saturated carbocycles. The lowest BCUT2D eigenvalue weighted by Crippen LogP contribution is -2.30. The van der Waals surface area contributed by atoms with Crippen molar-refractivity contribution in [3.05, 3.63) is 94.1 Å². The van der Waals surface area contributed by atoms with Crippen molar-refractivity contribution < 1.29 is 52.9 Å². The highest BCUT2D eigenvalue weighted by Crippen LogP contribution is 2.29. The van der Waals surface area contributed by atoms with Crippen LogP contribution in [0.2, 0.25) is 0 Å². The minimum atomic E-state index is -1.14. The Hall–Kier alpha value is -4.03. The van der Waals surface area contributed by atoms with Gasteiger partial charge in [-0.25, -0.2) is 14.4 Å². The molecule has 4 atom stereocenters. The summed E-state index contributed by atoms with van der Waals surface area (Å²) in [5, 5.41) is 0. The van der Waals surface area contributed by atoms with Crippen LogP contribution in [0, 0.1) is 0 Å². The van der Waals surface area contributed by atoms with Gasteiger partial charge >= 0.3 is 18.1 Å². The number of carbonyl (C=O) groups excluding carboxylic acids is 3. The van der Waals surface area contributed by atoms with Crippen LogP contribution in [0.1, 0.15) is 131 Å². The van der Waals surface area contributed by atoms with Crippen LogP contribution in [-0.4, -0.2) is 43.3 Å². The third-order valence-electron chi connectivity index (χ3n) is 8.25. The average Bonchev–Trinajstić information content (AvgIpc) is 3.05. The first-order valence-electron chi connectivity index (χ1n) is 17.6. The summed E-state index contributed by atoms with van der Waals surface area (Å²) in [6.45, 7) is 25.6. The minimum absolute atomic E-state index is 0.346. The Kier molecular flexibility index (Phi) is 16.7. The van der Waals surface area contributed by atoms with E-state index in [9.17, 15) is 14.4 Å². The van der Waals surface area contributed by atoms with Crippen molar-refractivity contribution in [2.24, 2.45) is 0 Å². The van der Waals surface area contributed by atoms with Crippen LogP contribution in [0.25, 0.3) is 0 Å². The first-order valence-corrected chi connectivity index (χ1v) is 17.6. The van der Waals surface area contributed by atoms with Gasteiger partial charge in [-0.1, -0.05) is 116 Å². The average molecular weight is 727 g/mol. The van der Waals surface area contributed by atoms with Gasteiger partial charge in [0.05, 0.1) is 0 Å². The van der Waals surface area contributed by atoms with E-state index < -0.39 is 54.1 Å². The number of hydrogen-bond donors (Lipinski definition) is 0. The lowest BCUT2D eigenvalue weighted by Gasteiger charge is -2.23. The fraction of sp³-hybridized carbons (Fsp3) is 0.537. The van der Waals surface area contributed by atoms with Crippen LogP contribution in [0.3, 0.4) is 0 Å². The summed E-state index contributed by atoms with van der Waals surface area (Å²) >= 11 is 0. The largest absolute Gasteiger partial charge is 0.512 e. The maximum atomic E-state index is 12.6. The van der Waals surface area contributed by atoms with Crippen LogP contribution < -0.4 is 0 Å². The van der Waals surface area contributed by atoms with Crippen molar-refractivity contribution in [3.63, 3.8) is 0 Å². The molecule has 0 fully saturated rings. The van der Waals surface area contributed by atoms with E-state index in [0.717, 1.165) is 11.1 Å². The second kappa shape index (κ2) is 19.7. The minimum Gasteiger partial charge on any atom is -0.405 e. The van der Waals surface area contributed by atoms with Crippen LogP contribution in [0.4, 0.5) is 4.79 Å². The molecule has 4 unspecified atom stereocenters. The number of rotatable bonds is 18. The first-order chi connectivity index (χ1) is 24.1. The second-order valence-corrected chi connectivity index (χ2v) is 14.6. The molecule has 2 rings (SSSR count). The zero-order valence-electron chi connectivity index (χ0n) is 33.2. The summed E-state index contributed by atoms with van der Waals surface area (Å²) in [5.41, 5.74) is 4.38. The van der Waals surface area contributed by atoms with Gasteiger partial charge in [-0.05, 0) is 75.6 Å². The standard InChI is InChI=1S/C41H58O11/c1-25(2)33-15-19-35(20-16-33)40(11,12)23-27(5)37(42)51-49-31(9)45-29(7)47-39(44)48-30(8)46-32(10)50-52-38(43)28(6)24-41(13,14)36-21-17-34(18-22-36)26(3)4/h15-26,29-32H,1-14H3/b27-23-,28-24-. The van der Waals surface area contributed by atoms with Crippen molar-refractivity contribution in [2.45, 2.75) is 145 Å². The van der Waals surface area contributed by atoms with E-state index in [1.807, 2.05) is 39.8 Å². The summed E-state index contributed by atoms with van der Waals surface area (Å²) in [7, 11) is 0. The van der Waals surface area contributed by atoms with Gasteiger partial charge in [0.15, 0.2) is 0 Å². The predicted octanol–water partition coefficient (Wildman–Crippen LogP) is 9.60. The fourth-order valence-electron chi connectivity index (χ4n) is 5.26. The predicted molar refractivity (Wildman–Crippen MR) is 197 cm³/mol. The van der Waals surface area contributed by atoms with Crippen molar-refractivity contribution in [1.29, 1.82) is 0 Å². The van der Waals surface area contributed by atoms with Crippen LogP contribution in [0.15, 0.2) is 71.8 Å². The monoisotopic (exact) mass is 726 g/mol. The van der Waals surface area contributed by atoms with Gasteiger partial charge in [-0.15, -0.1) is 0 Å². The Morgan fingerprint density at radius 3 is 1.12 bits per heavy atom. The Balaban J connectivity index is 1.75. The van der Waals surface area contributed by atoms with Gasteiger partial charge in [0.2, 0.25) is 25.2 Å². The molecule has 52 heavy (non-hydrogen) atoms. The van der Waals surface area contributed by atoms with Gasteiger partial charge in [0.25, 0.3) is 0 Å². The molecule has 0 aliphatic rings. The lowest BCUT2D eigenvalue weighted by atomic mass is 9.82. The van der Waals surface area contributed by atoms with E-state index in [1.54, 1.807) is 13.8 Å². The molecule has 0 heterocycles. The van der Waals surface area contributed by atoms with Crippen molar-refractivity contribution in [2.75, 3.05) is 0 Å². The smallest absolute Gasteiger partial charge is 0.405 e. The molecule has 0 aromatic heterocycles. The Bertz CT molecular complexity index is 1410. The van der Waals surface area contributed by atoms with Gasteiger partial charge < -0.3 is 18.9 Å². The van der Waals surface area contributed by atoms with Crippen molar-refractivity contribution in [3.8, 4) is 0 Å². The second-order valence-electron chi connectivity index (χ2n) is 14.6. The van der Waals surface area contributed by atoms with Crippen molar-refractivity contribution >= 4 is 18.1 Å². The molecule has 0 saturated heterocycles. The van der Waals surface area contributed by atoms with E-state index in [-0.39, 0.29) is 0 Å². The fourth-order valence-corrected chi connectivity index (χ4v) is 5.26. The third-order valence-corrected chi connectivity index (χ3v) is 8.25. The molecule has 2 aromatic carbocycles. The Morgan fingerprint density at radius 1 is 0.519 bits per heavy atom. The maximum absolute atomic E-state index is 12.6. The van der Waals surface area contributed by atoms with Crippen LogP contribution >= 0.6 is 0 Å². The highest BCUT2D eigenvalue weighted by molar-refractivity contribution is 5.88. The Morgan fingerprint density at radius 2 is 0.827 bits per heavy atom. The first kappa shape index (κ1) is 44.1. The topological polar surface area (TPSA) is 125 Å². The SMILES string of the molecule is C/C(=C/C(C)(C)c1ccc(C(C)C)cc1)C(=O)OOC(C)OC(C)OC(=O)OC(C)OC(C)OOC(=O)/C(C)=C\C(C)(C)c1ccc(C(C)C)cc1. The highest BCUT2D eigenvalue weighted by atomic mass is 17.2. The molecular formula is C41H58O11. The number of ether oxygens (including phenoxy) is 4. The molecule has 0 spiro atoms. The third kappa shape index (κ3) is 14.5. The van der Waals surface area contributed by atoms with E-state index in [0.29, 0.717) is 23.0 Å². The molecule has 11 heteroatoms. The lowest BCUT2D eigenvalue weighted by molar-refractivity contribution is -0.369. The molecule has 0 bridgehead atoms. The summed E-state index contributed by atoms with van der Waals surface area (Å²) in [4.78, 5) is 57.5. The number of hydrogen-bond acceptors (Lipinski definition) is 11. The zero-order chi connectivity index (χ0) is 39.4. The van der Waals surface area contributed by atoms with Crippen LogP contribution in [-0.2, 0) is 58.9 Å². The van der Waals surface area contributed by atoms with E-state index >= 15 is 0 Å². The summed E-state index contributed by atoms with van der Waals surface area (Å²) in [5.74, 6) is -0.533. The molecule has 288 valence electrons. The molecule has 0 radical (unpaired) electrons. The van der Waals surface area contributed by atoms with E-state index in [4.69, 9.17) is 38.5 Å². The maximum Gasteiger partial charge on any atom is 0.512 e. The quantitative estimate of drug-likeness (QED) is 0.0479. The molecule has 0 amide bonds. The molecule has 2 aromatic rings. The summed E-state index contributed by atoms with van der Waals surface area (Å²) in [6, 6.07) is 16.6. The number of carbonyl (C=O) groups is 3. The van der Waals surface area contributed by atoms with Gasteiger partial charge in [0.1, 0.15) is 0 Å². The summed E-state index contributed by atoms with van der Waals surface area (Å²) < 4.78 is 21.0. The van der Waals surface area contributed by atoms with E-state index in [1.165, 1.54) is 38.8 Å². The molecule has 0 N–H and O–H groups in total. The number of benzene rings is 2. The van der Waals surface area contributed by atoms with Crippen molar-refractivity contribution in [1.82, 2.24) is 0 Å². The van der Waals surface area contributed by atoms with E-state index in [2.05, 4.69) is 76.2 Å².